The van der Waals surface area contributed by atoms with Crippen molar-refractivity contribution in [2.45, 2.75) is 52.2 Å². The lowest BCUT2D eigenvalue weighted by Gasteiger charge is -2.29. The number of carbonyl (C=O) groups is 2. The Bertz CT molecular complexity index is 1150. The van der Waals surface area contributed by atoms with Gasteiger partial charge in [0.15, 0.2) is 0 Å². The summed E-state index contributed by atoms with van der Waals surface area (Å²) in [6.45, 7) is 8.04. The van der Waals surface area contributed by atoms with E-state index in [-0.39, 0.29) is 6.54 Å². The van der Waals surface area contributed by atoms with Crippen LogP contribution in [0.1, 0.15) is 60.7 Å². The molecule has 0 saturated heterocycles. The molecule has 36 heavy (non-hydrogen) atoms. The van der Waals surface area contributed by atoms with E-state index in [4.69, 9.17) is 10.9 Å². The first-order valence-electron chi connectivity index (χ1n) is 12.6. The molecule has 6 N–H and O–H groups in total. The fourth-order valence-electron chi connectivity index (χ4n) is 6.25. The quantitative estimate of drug-likeness (QED) is 0.233. The normalized spacial score (nSPS) is 24.5. The zero-order chi connectivity index (χ0) is 25.9. The average Bonchev–Trinajstić information content (AvgIpc) is 3.29. The predicted octanol–water partition coefficient (Wildman–Crippen LogP) is 2.81. The second kappa shape index (κ2) is 10.8. The molecule has 2 bridgehead atoms. The van der Waals surface area contributed by atoms with E-state index in [0.29, 0.717) is 17.0 Å². The molecule has 0 aromatic heterocycles. The van der Waals surface area contributed by atoms with Crippen LogP contribution in [0.15, 0.2) is 48.5 Å². The number of amides is 2. The molecule has 0 spiro atoms. The fourth-order valence-corrected chi connectivity index (χ4v) is 6.25. The van der Waals surface area contributed by atoms with Crippen LogP contribution in [0.3, 0.4) is 0 Å². The highest BCUT2D eigenvalue weighted by Gasteiger charge is 2.56. The summed E-state index contributed by atoms with van der Waals surface area (Å²) in [6.07, 6.45) is 2.72. The van der Waals surface area contributed by atoms with Crippen molar-refractivity contribution in [3.8, 4) is 11.8 Å². The molecule has 4 rings (SSSR count). The third-order valence-electron chi connectivity index (χ3n) is 8.30. The summed E-state index contributed by atoms with van der Waals surface area (Å²) in [5.41, 5.74) is 10.7. The molecule has 2 aliphatic rings. The van der Waals surface area contributed by atoms with Gasteiger partial charge < -0.3 is 16.4 Å². The molecule has 2 aliphatic carbocycles. The predicted molar refractivity (Wildman–Crippen MR) is 139 cm³/mol. The van der Waals surface area contributed by atoms with Gasteiger partial charge in [-0.05, 0) is 78.0 Å². The van der Waals surface area contributed by atoms with Crippen LogP contribution in [0.25, 0.3) is 0 Å². The van der Waals surface area contributed by atoms with Crippen LogP contribution in [0.2, 0.25) is 0 Å². The molecular weight excluding hydrogens is 452 g/mol. The standard InChI is InChI=1S/C29H36N4O3/c1-18-23-14-15-24(29(23,2)3)26(18)31-17-21-8-6-19(7-9-21)4-5-20-10-12-22(13-11-20)27(34)32-25(16-30)28(35)33-36/h6-13,18,23-26,31,36H,14-17,30H2,1-3H3,(H,32,34)(H,33,35)/t18-,23-,24+,25-,26+/m0/s1. The Kier molecular flexibility index (Phi) is 7.79. The van der Waals surface area contributed by atoms with E-state index in [1.807, 2.05) is 12.1 Å². The summed E-state index contributed by atoms with van der Waals surface area (Å²) in [6, 6.07) is 14.7. The van der Waals surface area contributed by atoms with Gasteiger partial charge in [-0.25, -0.2) is 5.48 Å². The zero-order valence-electron chi connectivity index (χ0n) is 21.2. The molecule has 5 atom stereocenters. The molecule has 2 amide bonds. The van der Waals surface area contributed by atoms with Crippen molar-refractivity contribution in [2.75, 3.05) is 6.54 Å². The third-order valence-corrected chi connectivity index (χ3v) is 8.30. The van der Waals surface area contributed by atoms with E-state index in [9.17, 15) is 9.59 Å². The van der Waals surface area contributed by atoms with Crippen molar-refractivity contribution in [3.63, 3.8) is 0 Å². The number of fused-ring (bicyclic) bond motifs is 2. The average molecular weight is 489 g/mol. The van der Waals surface area contributed by atoms with Crippen LogP contribution in [-0.4, -0.2) is 35.7 Å². The molecule has 0 aliphatic heterocycles. The Labute approximate surface area is 213 Å². The number of rotatable bonds is 7. The summed E-state index contributed by atoms with van der Waals surface area (Å²) in [5, 5.41) is 15.0. The summed E-state index contributed by atoms with van der Waals surface area (Å²) >= 11 is 0. The molecule has 7 nitrogen and oxygen atoms in total. The summed E-state index contributed by atoms with van der Waals surface area (Å²) in [7, 11) is 0. The smallest absolute Gasteiger partial charge is 0.267 e. The van der Waals surface area contributed by atoms with E-state index in [1.54, 1.807) is 24.3 Å². The van der Waals surface area contributed by atoms with Gasteiger partial charge >= 0.3 is 0 Å². The lowest BCUT2D eigenvalue weighted by Crippen LogP contribution is -2.50. The largest absolute Gasteiger partial charge is 0.339 e. The first-order chi connectivity index (χ1) is 17.2. The fraction of sp³-hybridized carbons (Fsp3) is 0.448. The van der Waals surface area contributed by atoms with Crippen molar-refractivity contribution in [2.24, 2.45) is 28.9 Å². The van der Waals surface area contributed by atoms with E-state index in [1.165, 1.54) is 23.9 Å². The highest BCUT2D eigenvalue weighted by Crippen LogP contribution is 2.60. The SMILES string of the molecule is C[C@@H]1[C@@H](NCc2ccc(C#Cc3ccc(C(=O)N[C@@H](CN)C(=O)NO)cc3)cc2)[C@H]2CC[C@@H]1C2(C)C. The monoisotopic (exact) mass is 488 g/mol. The van der Waals surface area contributed by atoms with Crippen LogP contribution in [0.4, 0.5) is 0 Å². The number of hydroxylamine groups is 1. The highest BCUT2D eigenvalue weighted by atomic mass is 16.5. The Morgan fingerprint density at radius 3 is 2.14 bits per heavy atom. The summed E-state index contributed by atoms with van der Waals surface area (Å²) < 4.78 is 0. The van der Waals surface area contributed by atoms with Crippen molar-refractivity contribution < 1.29 is 14.8 Å². The number of hydrogen-bond acceptors (Lipinski definition) is 5. The summed E-state index contributed by atoms with van der Waals surface area (Å²) in [4.78, 5) is 23.8. The molecule has 2 aromatic carbocycles. The van der Waals surface area contributed by atoms with Gasteiger partial charge in [0.1, 0.15) is 6.04 Å². The van der Waals surface area contributed by atoms with Crippen LogP contribution >= 0.6 is 0 Å². The highest BCUT2D eigenvalue weighted by molar-refractivity contribution is 5.97. The van der Waals surface area contributed by atoms with E-state index >= 15 is 0 Å². The molecule has 0 unspecified atom stereocenters. The minimum absolute atomic E-state index is 0.130. The van der Waals surface area contributed by atoms with Gasteiger partial charge in [-0.1, -0.05) is 44.7 Å². The number of nitrogens with one attached hydrogen (secondary N) is 3. The van der Waals surface area contributed by atoms with Crippen molar-refractivity contribution >= 4 is 11.8 Å². The second-order valence-corrected chi connectivity index (χ2v) is 10.6. The zero-order valence-corrected chi connectivity index (χ0v) is 21.2. The van der Waals surface area contributed by atoms with Crippen LogP contribution in [-0.2, 0) is 11.3 Å². The van der Waals surface area contributed by atoms with Gasteiger partial charge in [0.2, 0.25) is 0 Å². The maximum Gasteiger partial charge on any atom is 0.267 e. The number of hydrogen-bond donors (Lipinski definition) is 5. The molecule has 0 heterocycles. The first-order valence-corrected chi connectivity index (χ1v) is 12.6. The maximum absolute atomic E-state index is 12.3. The van der Waals surface area contributed by atoms with Crippen LogP contribution < -0.4 is 21.8 Å². The lowest BCUT2D eigenvalue weighted by atomic mass is 9.80. The minimum Gasteiger partial charge on any atom is -0.339 e. The number of benzene rings is 2. The van der Waals surface area contributed by atoms with Gasteiger partial charge in [-0.3, -0.25) is 14.8 Å². The Hall–Kier alpha value is -3.18. The van der Waals surface area contributed by atoms with Gasteiger partial charge in [0, 0.05) is 35.8 Å². The first kappa shape index (κ1) is 25.9. The second-order valence-electron chi connectivity index (χ2n) is 10.6. The maximum atomic E-state index is 12.3. The van der Waals surface area contributed by atoms with Crippen molar-refractivity contribution in [3.05, 3.63) is 70.8 Å². The van der Waals surface area contributed by atoms with Crippen molar-refractivity contribution in [1.82, 2.24) is 16.1 Å². The van der Waals surface area contributed by atoms with Gasteiger partial charge in [-0.15, -0.1) is 0 Å². The molecule has 2 fully saturated rings. The molecule has 2 aromatic rings. The molecule has 190 valence electrons. The Balaban J connectivity index is 1.31. The van der Waals surface area contributed by atoms with Crippen molar-refractivity contribution in [1.29, 1.82) is 0 Å². The number of nitrogens with two attached hydrogens (primary N) is 1. The molecule has 7 heteroatoms. The molecular formula is C29H36N4O3. The number of carbonyl (C=O) groups excluding carboxylic acids is 2. The minimum atomic E-state index is -1.01. The topological polar surface area (TPSA) is 116 Å². The van der Waals surface area contributed by atoms with Gasteiger partial charge in [-0.2, -0.15) is 0 Å². The molecule has 2 saturated carbocycles. The van der Waals surface area contributed by atoms with Gasteiger partial charge in [0.25, 0.3) is 11.8 Å². The van der Waals surface area contributed by atoms with E-state index < -0.39 is 17.9 Å². The summed E-state index contributed by atoms with van der Waals surface area (Å²) in [5.74, 6) is 7.39. The Morgan fingerprint density at radius 2 is 1.61 bits per heavy atom. The lowest BCUT2D eigenvalue weighted by molar-refractivity contribution is -0.130. The third kappa shape index (κ3) is 5.31. The van der Waals surface area contributed by atoms with E-state index in [0.717, 1.165) is 35.4 Å². The Morgan fingerprint density at radius 1 is 1.03 bits per heavy atom. The van der Waals surface area contributed by atoms with Crippen LogP contribution in [0.5, 0.6) is 0 Å². The molecule has 0 radical (unpaired) electrons. The van der Waals surface area contributed by atoms with Crippen LogP contribution in [0, 0.1) is 35.0 Å². The van der Waals surface area contributed by atoms with Gasteiger partial charge in [0.05, 0.1) is 0 Å². The van der Waals surface area contributed by atoms with E-state index in [2.05, 4.69) is 55.4 Å².